The van der Waals surface area contributed by atoms with E-state index in [-0.39, 0.29) is 30.8 Å². The third-order valence-corrected chi connectivity index (χ3v) is 6.43. The predicted octanol–water partition coefficient (Wildman–Crippen LogP) is 5.55. The first kappa shape index (κ1) is 28.7. The summed E-state index contributed by atoms with van der Waals surface area (Å²) in [6.45, 7) is 4.24. The zero-order chi connectivity index (χ0) is 27.3. The third kappa shape index (κ3) is 8.61. The normalized spacial score (nSPS) is 12.3. The zero-order valence-corrected chi connectivity index (χ0v) is 22.4. The average molecular weight is 521 g/mol. The standard InChI is InChI=1S/C31H37FN2O4/c1-4-23(2)33-31(36)29(21-24-11-6-5-7-12-24)34(22-25-13-8-9-14-28(25)32)30(35)15-10-20-38-27-18-16-26(37-3)17-19-27/h5-9,11-14,16-19,23,29H,4,10,15,20-22H2,1-3H3,(H,33,36)/t23-,29-/m1/s1. The Bertz CT molecular complexity index is 1150. The Hall–Kier alpha value is -3.87. The number of nitrogens with zero attached hydrogens (tertiary/aromatic N) is 1. The Balaban J connectivity index is 1.78. The lowest BCUT2D eigenvalue weighted by atomic mass is 10.0. The van der Waals surface area contributed by atoms with E-state index >= 15 is 0 Å². The number of carbonyl (C=O) groups excluding carboxylic acids is 2. The van der Waals surface area contributed by atoms with Crippen LogP contribution < -0.4 is 14.8 Å². The molecular weight excluding hydrogens is 483 g/mol. The van der Waals surface area contributed by atoms with Crippen molar-refractivity contribution in [3.63, 3.8) is 0 Å². The van der Waals surface area contributed by atoms with Gasteiger partial charge in [0.1, 0.15) is 23.4 Å². The van der Waals surface area contributed by atoms with Gasteiger partial charge in [-0.3, -0.25) is 9.59 Å². The van der Waals surface area contributed by atoms with E-state index in [1.54, 1.807) is 49.6 Å². The highest BCUT2D eigenvalue weighted by atomic mass is 19.1. The van der Waals surface area contributed by atoms with Crippen molar-refractivity contribution in [3.8, 4) is 11.5 Å². The molecule has 0 aliphatic rings. The lowest BCUT2D eigenvalue weighted by Crippen LogP contribution is -2.52. The van der Waals surface area contributed by atoms with Gasteiger partial charge in [-0.2, -0.15) is 0 Å². The zero-order valence-electron chi connectivity index (χ0n) is 22.4. The quantitative estimate of drug-likeness (QED) is 0.283. The molecule has 3 aromatic rings. The molecule has 3 aromatic carbocycles. The first-order chi connectivity index (χ1) is 18.4. The van der Waals surface area contributed by atoms with Crippen molar-refractivity contribution in [1.82, 2.24) is 10.2 Å². The Kier molecular flexibility index (Phi) is 11.1. The molecule has 0 aliphatic carbocycles. The van der Waals surface area contributed by atoms with Gasteiger partial charge in [0.2, 0.25) is 11.8 Å². The molecule has 1 N–H and O–H groups in total. The fraction of sp³-hybridized carbons (Fsp3) is 0.355. The van der Waals surface area contributed by atoms with Gasteiger partial charge < -0.3 is 19.7 Å². The van der Waals surface area contributed by atoms with Crippen LogP contribution in [-0.2, 0) is 22.6 Å². The molecule has 2 atom stereocenters. The smallest absolute Gasteiger partial charge is 0.243 e. The van der Waals surface area contributed by atoms with E-state index in [0.717, 1.165) is 17.7 Å². The molecule has 0 saturated heterocycles. The molecule has 7 heteroatoms. The lowest BCUT2D eigenvalue weighted by molar-refractivity contribution is -0.141. The predicted molar refractivity (Wildman–Crippen MR) is 147 cm³/mol. The Labute approximate surface area is 224 Å². The van der Waals surface area contributed by atoms with Gasteiger partial charge in [-0.05, 0) is 55.7 Å². The highest BCUT2D eigenvalue weighted by Gasteiger charge is 2.31. The Morgan fingerprint density at radius 3 is 2.26 bits per heavy atom. The number of nitrogens with one attached hydrogen (secondary N) is 1. The summed E-state index contributed by atoms with van der Waals surface area (Å²) in [5.41, 5.74) is 1.29. The van der Waals surface area contributed by atoms with Gasteiger partial charge in [0.05, 0.1) is 13.7 Å². The van der Waals surface area contributed by atoms with Crippen molar-refractivity contribution in [2.75, 3.05) is 13.7 Å². The molecule has 0 saturated carbocycles. The van der Waals surface area contributed by atoms with Crippen LogP contribution in [0.15, 0.2) is 78.9 Å². The van der Waals surface area contributed by atoms with E-state index in [0.29, 0.717) is 30.8 Å². The largest absolute Gasteiger partial charge is 0.497 e. The van der Waals surface area contributed by atoms with Gasteiger partial charge >= 0.3 is 0 Å². The molecule has 0 aliphatic heterocycles. The maximum atomic E-state index is 14.7. The molecular formula is C31H37FN2O4. The molecule has 38 heavy (non-hydrogen) atoms. The second kappa shape index (κ2) is 14.8. The summed E-state index contributed by atoms with van der Waals surface area (Å²) in [6.07, 6.45) is 1.69. The van der Waals surface area contributed by atoms with Crippen LogP contribution in [0.3, 0.4) is 0 Å². The molecule has 3 rings (SSSR count). The van der Waals surface area contributed by atoms with Gasteiger partial charge in [-0.15, -0.1) is 0 Å². The molecule has 0 aromatic heterocycles. The molecule has 2 amide bonds. The number of halogens is 1. The van der Waals surface area contributed by atoms with Crippen molar-refractivity contribution in [1.29, 1.82) is 0 Å². The molecule has 202 valence electrons. The van der Waals surface area contributed by atoms with Crippen molar-refractivity contribution < 1.29 is 23.5 Å². The summed E-state index contributed by atoms with van der Waals surface area (Å²) >= 11 is 0. The van der Waals surface area contributed by atoms with Gasteiger partial charge in [0, 0.05) is 31.0 Å². The third-order valence-electron chi connectivity index (χ3n) is 6.43. The minimum atomic E-state index is -0.791. The second-order valence-corrected chi connectivity index (χ2v) is 9.26. The summed E-state index contributed by atoms with van der Waals surface area (Å²) in [7, 11) is 1.60. The fourth-order valence-electron chi connectivity index (χ4n) is 4.03. The van der Waals surface area contributed by atoms with E-state index in [1.807, 2.05) is 44.2 Å². The van der Waals surface area contributed by atoms with Gasteiger partial charge in [-0.1, -0.05) is 55.5 Å². The van der Waals surface area contributed by atoms with Crippen LogP contribution >= 0.6 is 0 Å². The van der Waals surface area contributed by atoms with Crippen molar-refractivity contribution in [3.05, 3.63) is 95.8 Å². The SMILES string of the molecule is CC[C@@H](C)NC(=O)[C@@H](Cc1ccccc1)N(Cc1ccccc1F)C(=O)CCCOc1ccc(OC)cc1. The maximum absolute atomic E-state index is 14.7. The molecule has 0 radical (unpaired) electrons. The lowest BCUT2D eigenvalue weighted by Gasteiger charge is -2.32. The maximum Gasteiger partial charge on any atom is 0.243 e. The first-order valence-electron chi connectivity index (χ1n) is 13.0. The highest BCUT2D eigenvalue weighted by molar-refractivity contribution is 5.88. The van der Waals surface area contributed by atoms with E-state index in [4.69, 9.17) is 9.47 Å². The van der Waals surface area contributed by atoms with E-state index in [2.05, 4.69) is 5.32 Å². The van der Waals surface area contributed by atoms with Crippen LogP contribution in [0.2, 0.25) is 0 Å². The minimum absolute atomic E-state index is 0.00370. The van der Waals surface area contributed by atoms with E-state index in [1.165, 1.54) is 11.0 Å². The van der Waals surface area contributed by atoms with Crippen LogP contribution in [0.1, 0.15) is 44.2 Å². The fourth-order valence-corrected chi connectivity index (χ4v) is 4.03. The van der Waals surface area contributed by atoms with Crippen molar-refractivity contribution >= 4 is 11.8 Å². The monoisotopic (exact) mass is 520 g/mol. The van der Waals surface area contributed by atoms with Crippen molar-refractivity contribution in [2.24, 2.45) is 0 Å². The summed E-state index contributed by atoms with van der Waals surface area (Å²) in [6, 6.07) is 22.3. The first-order valence-corrected chi connectivity index (χ1v) is 13.0. The number of amides is 2. The summed E-state index contributed by atoms with van der Waals surface area (Å²) in [4.78, 5) is 28.6. The number of carbonyl (C=O) groups is 2. The number of rotatable bonds is 14. The highest BCUT2D eigenvalue weighted by Crippen LogP contribution is 2.20. The minimum Gasteiger partial charge on any atom is -0.497 e. The summed E-state index contributed by atoms with van der Waals surface area (Å²) in [5.74, 6) is 0.524. The van der Waals surface area contributed by atoms with Gasteiger partial charge in [-0.25, -0.2) is 4.39 Å². The molecule has 0 unspecified atom stereocenters. The number of ether oxygens (including phenoxy) is 2. The summed E-state index contributed by atoms with van der Waals surface area (Å²) in [5, 5.41) is 3.02. The average Bonchev–Trinajstić information content (AvgIpc) is 2.94. The second-order valence-electron chi connectivity index (χ2n) is 9.26. The molecule has 0 heterocycles. The van der Waals surface area contributed by atoms with Crippen LogP contribution in [0.4, 0.5) is 4.39 Å². The number of benzene rings is 3. The summed E-state index contributed by atoms with van der Waals surface area (Å²) < 4.78 is 25.6. The Morgan fingerprint density at radius 1 is 0.947 bits per heavy atom. The molecule has 0 bridgehead atoms. The number of hydrogen-bond acceptors (Lipinski definition) is 4. The van der Waals surface area contributed by atoms with Gasteiger partial charge in [0.15, 0.2) is 0 Å². The van der Waals surface area contributed by atoms with Crippen LogP contribution in [0, 0.1) is 5.82 Å². The van der Waals surface area contributed by atoms with E-state index < -0.39 is 11.9 Å². The molecule has 6 nitrogen and oxygen atoms in total. The Morgan fingerprint density at radius 2 is 1.61 bits per heavy atom. The van der Waals surface area contributed by atoms with Crippen LogP contribution in [0.25, 0.3) is 0 Å². The number of hydrogen-bond donors (Lipinski definition) is 1. The number of methoxy groups -OCH3 is 1. The topological polar surface area (TPSA) is 67.9 Å². The van der Waals surface area contributed by atoms with E-state index in [9.17, 15) is 14.0 Å². The van der Waals surface area contributed by atoms with Crippen LogP contribution in [0.5, 0.6) is 11.5 Å². The molecule has 0 fully saturated rings. The van der Waals surface area contributed by atoms with Crippen molar-refractivity contribution in [2.45, 2.75) is 58.2 Å². The van der Waals surface area contributed by atoms with Gasteiger partial charge in [0.25, 0.3) is 0 Å². The van der Waals surface area contributed by atoms with Crippen LogP contribution in [-0.4, -0.2) is 42.5 Å². The molecule has 0 spiro atoms.